The van der Waals surface area contributed by atoms with E-state index >= 15 is 4.39 Å². The van der Waals surface area contributed by atoms with Crippen LogP contribution in [0.25, 0.3) is 56.0 Å². The van der Waals surface area contributed by atoms with Crippen molar-refractivity contribution in [3.05, 3.63) is 67.3 Å². The second-order valence-electron chi connectivity index (χ2n) is 9.60. The van der Waals surface area contributed by atoms with Gasteiger partial charge >= 0.3 is 0 Å². The molecule has 1 aliphatic carbocycles. The predicted octanol–water partition coefficient (Wildman–Crippen LogP) is 5.29. The summed E-state index contributed by atoms with van der Waals surface area (Å²) in [5.74, 6) is -0.156. The molecule has 0 saturated heterocycles. The molecule has 10 nitrogen and oxygen atoms in total. The van der Waals surface area contributed by atoms with Crippen molar-refractivity contribution in [3.8, 4) is 33.9 Å². The zero-order valence-corrected chi connectivity index (χ0v) is 20.6. The van der Waals surface area contributed by atoms with Gasteiger partial charge in [-0.25, -0.2) is 14.4 Å². The molecule has 192 valence electrons. The molecule has 0 aromatic carbocycles. The molecule has 7 rings (SSSR count). The Balaban J connectivity index is 1.28. The number of nitrogens with one attached hydrogen (secondary N) is 3. The molecular weight excluding hydrogens is 497 g/mol. The molecule has 6 heterocycles. The number of aromatic amines is 2. The summed E-state index contributed by atoms with van der Waals surface area (Å²) in [5.41, 5.74) is 4.66. The highest BCUT2D eigenvalue weighted by Crippen LogP contribution is 2.34. The van der Waals surface area contributed by atoms with E-state index in [-0.39, 0.29) is 28.4 Å². The standard InChI is InChI=1S/C28H22FN9O/c29-22-19(17-10-18(13-31-12-17)34-28(39)15-4-1-2-5-15)14-33-26-21(22)25(37-38-26)27-35-20-7-9-32-23(24(20)36-27)16-6-3-8-30-11-16/h3,6-15H,1-2,4-5H2,(H,34,39)(H,35,36)(H,33,37,38). The average Bonchev–Trinajstić information content (AvgIpc) is 3.73. The fourth-order valence-electron chi connectivity index (χ4n) is 5.18. The molecule has 0 unspecified atom stereocenters. The molecule has 1 aliphatic rings. The Morgan fingerprint density at radius 2 is 1.85 bits per heavy atom. The lowest BCUT2D eigenvalue weighted by Gasteiger charge is -2.11. The van der Waals surface area contributed by atoms with Gasteiger partial charge in [0.05, 0.1) is 28.5 Å². The summed E-state index contributed by atoms with van der Waals surface area (Å²) < 4.78 is 16.1. The number of fused-ring (bicyclic) bond motifs is 2. The number of H-pyrrole nitrogens is 2. The molecule has 0 bridgehead atoms. The minimum Gasteiger partial charge on any atom is -0.336 e. The first-order valence-electron chi connectivity index (χ1n) is 12.7. The minimum atomic E-state index is -0.518. The first-order valence-corrected chi connectivity index (χ1v) is 12.7. The Bertz CT molecular complexity index is 1840. The molecular formula is C28H22FN9O. The number of hydrogen-bond acceptors (Lipinski definition) is 7. The summed E-state index contributed by atoms with van der Waals surface area (Å²) in [6.07, 6.45) is 13.5. The maximum Gasteiger partial charge on any atom is 0.227 e. The monoisotopic (exact) mass is 519 g/mol. The number of hydrogen-bond donors (Lipinski definition) is 3. The molecule has 1 saturated carbocycles. The Morgan fingerprint density at radius 3 is 2.69 bits per heavy atom. The first kappa shape index (κ1) is 23.1. The number of pyridine rings is 4. The van der Waals surface area contributed by atoms with E-state index in [2.05, 4.69) is 40.4 Å². The lowest BCUT2D eigenvalue weighted by Crippen LogP contribution is -2.20. The van der Waals surface area contributed by atoms with Gasteiger partial charge in [0.1, 0.15) is 17.0 Å². The highest BCUT2D eigenvalue weighted by Gasteiger charge is 2.24. The number of halogens is 1. The van der Waals surface area contributed by atoms with Crippen molar-refractivity contribution >= 4 is 33.7 Å². The molecule has 11 heteroatoms. The van der Waals surface area contributed by atoms with Gasteiger partial charge < -0.3 is 10.3 Å². The van der Waals surface area contributed by atoms with Crippen LogP contribution in [0.5, 0.6) is 0 Å². The van der Waals surface area contributed by atoms with E-state index in [1.54, 1.807) is 43.1 Å². The van der Waals surface area contributed by atoms with E-state index in [1.807, 2.05) is 12.1 Å². The van der Waals surface area contributed by atoms with Gasteiger partial charge in [0.15, 0.2) is 11.5 Å². The summed E-state index contributed by atoms with van der Waals surface area (Å²) in [7, 11) is 0. The molecule has 0 aliphatic heterocycles. The van der Waals surface area contributed by atoms with Crippen molar-refractivity contribution in [3.63, 3.8) is 0 Å². The summed E-state index contributed by atoms with van der Waals surface area (Å²) in [6, 6.07) is 7.24. The van der Waals surface area contributed by atoms with E-state index in [1.165, 1.54) is 6.20 Å². The normalized spacial score (nSPS) is 13.9. The van der Waals surface area contributed by atoms with Crippen LogP contribution in [0.15, 0.2) is 61.4 Å². The zero-order chi connectivity index (χ0) is 26.3. The smallest absolute Gasteiger partial charge is 0.227 e. The maximum absolute atomic E-state index is 16.1. The van der Waals surface area contributed by atoms with Crippen LogP contribution in [0.4, 0.5) is 10.1 Å². The fraction of sp³-hybridized carbons (Fsp3) is 0.179. The van der Waals surface area contributed by atoms with Crippen LogP contribution in [0.1, 0.15) is 25.7 Å². The molecule has 6 aromatic rings. The van der Waals surface area contributed by atoms with Crippen LogP contribution >= 0.6 is 0 Å². The third kappa shape index (κ3) is 4.08. The van der Waals surface area contributed by atoms with Crippen LogP contribution in [-0.4, -0.2) is 46.0 Å². The van der Waals surface area contributed by atoms with Crippen molar-refractivity contribution in [2.75, 3.05) is 5.32 Å². The van der Waals surface area contributed by atoms with Crippen molar-refractivity contribution in [1.82, 2.24) is 40.1 Å². The lowest BCUT2D eigenvalue weighted by atomic mass is 10.1. The van der Waals surface area contributed by atoms with E-state index < -0.39 is 5.82 Å². The average molecular weight is 520 g/mol. The number of carbonyl (C=O) groups excluding carboxylic acids is 1. The SMILES string of the molecule is O=C(Nc1cncc(-c2cnc3[nH]nc(-c4nc5c(-c6cccnc6)nccc5[nH]4)c3c2F)c1)C1CCCC1. The molecule has 1 fully saturated rings. The third-order valence-corrected chi connectivity index (χ3v) is 7.13. The summed E-state index contributed by atoms with van der Waals surface area (Å²) in [5, 5.41) is 10.3. The predicted molar refractivity (Wildman–Crippen MR) is 144 cm³/mol. The van der Waals surface area contributed by atoms with E-state index in [9.17, 15) is 4.79 Å². The van der Waals surface area contributed by atoms with Crippen molar-refractivity contribution < 1.29 is 9.18 Å². The number of carbonyl (C=O) groups is 1. The first-order chi connectivity index (χ1) is 19.2. The molecule has 0 spiro atoms. The second-order valence-corrected chi connectivity index (χ2v) is 9.60. The molecule has 1 amide bonds. The quantitative estimate of drug-likeness (QED) is 0.281. The third-order valence-electron chi connectivity index (χ3n) is 7.13. The maximum atomic E-state index is 16.1. The molecule has 39 heavy (non-hydrogen) atoms. The second kappa shape index (κ2) is 9.35. The van der Waals surface area contributed by atoms with Crippen molar-refractivity contribution in [1.29, 1.82) is 0 Å². The molecule has 3 N–H and O–H groups in total. The zero-order valence-electron chi connectivity index (χ0n) is 20.6. The van der Waals surface area contributed by atoms with Gasteiger partial charge in [0.25, 0.3) is 0 Å². The van der Waals surface area contributed by atoms with Gasteiger partial charge in [-0.2, -0.15) is 5.10 Å². The van der Waals surface area contributed by atoms with Crippen LogP contribution < -0.4 is 5.32 Å². The Morgan fingerprint density at radius 1 is 0.974 bits per heavy atom. The Kier molecular flexibility index (Phi) is 5.54. The van der Waals surface area contributed by atoms with Gasteiger partial charge in [0, 0.05) is 53.6 Å². The Hall–Kier alpha value is -5.06. The van der Waals surface area contributed by atoms with Crippen LogP contribution in [0.2, 0.25) is 0 Å². The number of amides is 1. The van der Waals surface area contributed by atoms with Gasteiger partial charge in [-0.3, -0.25) is 24.8 Å². The number of anilines is 1. The van der Waals surface area contributed by atoms with Crippen LogP contribution in [0, 0.1) is 11.7 Å². The number of aromatic nitrogens is 8. The van der Waals surface area contributed by atoms with E-state index in [0.717, 1.165) is 36.8 Å². The molecule has 6 aromatic heterocycles. The summed E-state index contributed by atoms with van der Waals surface area (Å²) in [6.45, 7) is 0. The number of rotatable bonds is 5. The summed E-state index contributed by atoms with van der Waals surface area (Å²) in [4.78, 5) is 37.9. The number of imidazole rings is 1. The van der Waals surface area contributed by atoms with E-state index in [4.69, 9.17) is 4.98 Å². The van der Waals surface area contributed by atoms with Gasteiger partial charge in [0.2, 0.25) is 5.91 Å². The summed E-state index contributed by atoms with van der Waals surface area (Å²) >= 11 is 0. The van der Waals surface area contributed by atoms with Gasteiger partial charge in [-0.15, -0.1) is 0 Å². The Labute approximate surface area is 221 Å². The van der Waals surface area contributed by atoms with E-state index in [0.29, 0.717) is 34.0 Å². The van der Waals surface area contributed by atoms with Crippen LogP contribution in [0.3, 0.4) is 0 Å². The van der Waals surface area contributed by atoms with Crippen molar-refractivity contribution in [2.45, 2.75) is 25.7 Å². The number of nitrogens with zero attached hydrogens (tertiary/aromatic N) is 6. The molecule has 0 atom stereocenters. The fourth-order valence-corrected chi connectivity index (χ4v) is 5.18. The highest BCUT2D eigenvalue weighted by atomic mass is 19.1. The highest BCUT2D eigenvalue weighted by molar-refractivity contribution is 5.97. The minimum absolute atomic E-state index is 0.00887. The van der Waals surface area contributed by atoms with Crippen molar-refractivity contribution in [2.24, 2.45) is 5.92 Å². The van der Waals surface area contributed by atoms with Crippen LogP contribution in [-0.2, 0) is 4.79 Å². The largest absolute Gasteiger partial charge is 0.336 e. The lowest BCUT2D eigenvalue weighted by molar-refractivity contribution is -0.119. The molecule has 0 radical (unpaired) electrons. The topological polar surface area (TPSA) is 138 Å². The van der Waals surface area contributed by atoms with Gasteiger partial charge in [-0.1, -0.05) is 12.8 Å². The van der Waals surface area contributed by atoms with Gasteiger partial charge in [-0.05, 0) is 37.1 Å².